The molecule has 3 aromatic rings. The van der Waals surface area contributed by atoms with Crippen LogP contribution in [0.25, 0.3) is 11.1 Å². The van der Waals surface area contributed by atoms with E-state index >= 15 is 0 Å². The van der Waals surface area contributed by atoms with Crippen molar-refractivity contribution in [1.82, 2.24) is 4.90 Å². The lowest BCUT2D eigenvalue weighted by Gasteiger charge is -2.24. The zero-order chi connectivity index (χ0) is 26.3. The summed E-state index contributed by atoms with van der Waals surface area (Å²) in [6.45, 7) is -0.0338. The Kier molecular flexibility index (Phi) is 8.58. The lowest BCUT2D eigenvalue weighted by atomic mass is 9.94. The van der Waals surface area contributed by atoms with Crippen LogP contribution in [0, 0.1) is 0 Å². The number of amides is 1. The zero-order valence-corrected chi connectivity index (χ0v) is 20.1. The molecular formula is C27H26F3NO5. The summed E-state index contributed by atoms with van der Waals surface area (Å²) >= 11 is 0. The monoisotopic (exact) mass is 501 g/mol. The van der Waals surface area contributed by atoms with Gasteiger partial charge in [0.1, 0.15) is 5.75 Å². The van der Waals surface area contributed by atoms with Crippen LogP contribution in [0.5, 0.6) is 5.75 Å². The quantitative estimate of drug-likeness (QED) is 0.362. The van der Waals surface area contributed by atoms with Crippen molar-refractivity contribution in [3.63, 3.8) is 0 Å². The molecule has 0 saturated carbocycles. The van der Waals surface area contributed by atoms with Gasteiger partial charge in [-0.1, -0.05) is 42.5 Å². The first-order chi connectivity index (χ1) is 17.2. The first kappa shape index (κ1) is 26.6. The average Bonchev–Trinajstić information content (AvgIpc) is 2.87. The minimum absolute atomic E-state index is 0.0221. The number of nitrogens with zero attached hydrogens (tertiary/aromatic N) is 1. The number of esters is 1. The Balaban J connectivity index is 2.12. The molecule has 0 heterocycles. The van der Waals surface area contributed by atoms with Crippen LogP contribution >= 0.6 is 0 Å². The van der Waals surface area contributed by atoms with Crippen molar-refractivity contribution in [2.45, 2.75) is 25.7 Å². The molecule has 0 aliphatic rings. The SMILES string of the molecule is COC(=O)Cc1ccc(OC)c(-c2ccc(C(F)(F)F)cc2CN(Cc2ccccc2)C(=O)OC)c1. The molecule has 0 bridgehead atoms. The number of carbonyl (C=O) groups is 2. The summed E-state index contributed by atoms with van der Waals surface area (Å²) in [5.74, 6) is -0.0595. The highest BCUT2D eigenvalue weighted by molar-refractivity contribution is 5.78. The normalized spacial score (nSPS) is 11.1. The van der Waals surface area contributed by atoms with E-state index in [1.54, 1.807) is 30.3 Å². The Bertz CT molecular complexity index is 1210. The van der Waals surface area contributed by atoms with Gasteiger partial charge in [0.2, 0.25) is 0 Å². The van der Waals surface area contributed by atoms with E-state index in [0.717, 1.165) is 17.7 Å². The predicted molar refractivity (Wildman–Crippen MR) is 127 cm³/mol. The summed E-state index contributed by atoms with van der Waals surface area (Å²) in [6, 6.07) is 17.4. The van der Waals surface area contributed by atoms with Gasteiger partial charge in [-0.05, 0) is 46.5 Å². The summed E-state index contributed by atoms with van der Waals surface area (Å²) in [4.78, 5) is 25.7. The molecule has 6 nitrogen and oxygen atoms in total. The second-order valence-electron chi connectivity index (χ2n) is 7.97. The molecule has 1 amide bonds. The maximum atomic E-state index is 13.6. The summed E-state index contributed by atoms with van der Waals surface area (Å²) in [5.41, 5.74) is 1.67. The minimum atomic E-state index is -4.58. The van der Waals surface area contributed by atoms with Crippen LogP contribution in [0.4, 0.5) is 18.0 Å². The Hall–Kier alpha value is -4.01. The van der Waals surface area contributed by atoms with Gasteiger partial charge in [-0.2, -0.15) is 13.2 Å². The molecule has 0 saturated heterocycles. The molecule has 3 rings (SSSR count). The molecule has 0 fully saturated rings. The Morgan fingerprint density at radius 1 is 0.806 bits per heavy atom. The van der Waals surface area contributed by atoms with E-state index in [2.05, 4.69) is 0 Å². The van der Waals surface area contributed by atoms with E-state index in [1.807, 2.05) is 18.2 Å². The van der Waals surface area contributed by atoms with Crippen LogP contribution in [0.2, 0.25) is 0 Å². The Morgan fingerprint density at radius 2 is 1.53 bits per heavy atom. The van der Waals surface area contributed by atoms with Gasteiger partial charge in [-0.3, -0.25) is 9.69 Å². The van der Waals surface area contributed by atoms with E-state index in [0.29, 0.717) is 22.4 Å². The Morgan fingerprint density at radius 3 is 2.14 bits per heavy atom. The molecule has 190 valence electrons. The lowest BCUT2D eigenvalue weighted by Crippen LogP contribution is -2.30. The zero-order valence-electron chi connectivity index (χ0n) is 20.1. The van der Waals surface area contributed by atoms with Crippen LogP contribution in [0.15, 0.2) is 66.7 Å². The average molecular weight is 502 g/mol. The number of alkyl halides is 3. The van der Waals surface area contributed by atoms with Crippen molar-refractivity contribution < 1.29 is 37.0 Å². The number of hydrogen-bond donors (Lipinski definition) is 0. The smallest absolute Gasteiger partial charge is 0.416 e. The molecule has 0 aliphatic carbocycles. The topological polar surface area (TPSA) is 65.1 Å². The number of hydrogen-bond acceptors (Lipinski definition) is 5. The van der Waals surface area contributed by atoms with Gasteiger partial charge in [0.05, 0.1) is 33.3 Å². The van der Waals surface area contributed by atoms with Crippen LogP contribution in [0.3, 0.4) is 0 Å². The van der Waals surface area contributed by atoms with Crippen molar-refractivity contribution in [3.8, 4) is 16.9 Å². The largest absolute Gasteiger partial charge is 0.496 e. The third kappa shape index (κ3) is 6.56. The van der Waals surface area contributed by atoms with Gasteiger partial charge in [0, 0.05) is 18.7 Å². The fourth-order valence-electron chi connectivity index (χ4n) is 3.80. The molecule has 0 unspecified atom stereocenters. The molecule has 0 atom stereocenters. The van der Waals surface area contributed by atoms with Crippen molar-refractivity contribution in [2.24, 2.45) is 0 Å². The maximum absolute atomic E-state index is 13.6. The second-order valence-corrected chi connectivity index (χ2v) is 7.97. The highest BCUT2D eigenvalue weighted by Gasteiger charge is 2.32. The van der Waals surface area contributed by atoms with Gasteiger partial charge in [0.25, 0.3) is 0 Å². The van der Waals surface area contributed by atoms with Gasteiger partial charge >= 0.3 is 18.2 Å². The number of rotatable bonds is 8. The first-order valence-corrected chi connectivity index (χ1v) is 11.0. The van der Waals surface area contributed by atoms with E-state index in [9.17, 15) is 22.8 Å². The van der Waals surface area contributed by atoms with E-state index in [4.69, 9.17) is 14.2 Å². The molecule has 3 aromatic carbocycles. The van der Waals surface area contributed by atoms with Crippen LogP contribution < -0.4 is 4.74 Å². The highest BCUT2D eigenvalue weighted by Crippen LogP contribution is 2.38. The molecule has 0 spiro atoms. The van der Waals surface area contributed by atoms with E-state index < -0.39 is 23.8 Å². The third-order valence-electron chi connectivity index (χ3n) is 5.57. The first-order valence-electron chi connectivity index (χ1n) is 11.0. The van der Waals surface area contributed by atoms with E-state index in [1.165, 1.54) is 32.3 Å². The third-order valence-corrected chi connectivity index (χ3v) is 5.57. The van der Waals surface area contributed by atoms with Gasteiger partial charge in [-0.15, -0.1) is 0 Å². The van der Waals surface area contributed by atoms with Crippen molar-refractivity contribution in [3.05, 3.63) is 89.0 Å². The summed E-state index contributed by atoms with van der Waals surface area (Å²) in [5, 5.41) is 0. The standard InChI is InChI=1S/C27H26F3NO5/c1-34-24-12-9-19(14-25(32)35-2)13-23(24)22-11-10-21(27(28,29)30)15-20(22)17-31(26(33)36-3)16-18-7-5-4-6-8-18/h4-13,15H,14,16-17H2,1-3H3. The number of methoxy groups -OCH3 is 3. The van der Waals surface area contributed by atoms with Gasteiger partial charge in [-0.25, -0.2) is 4.79 Å². The predicted octanol–water partition coefficient (Wildman–Crippen LogP) is 5.87. The molecular weight excluding hydrogens is 475 g/mol. The summed E-state index contributed by atoms with van der Waals surface area (Å²) < 4.78 is 56.0. The number of ether oxygens (including phenoxy) is 3. The second kappa shape index (κ2) is 11.6. The van der Waals surface area contributed by atoms with Crippen molar-refractivity contribution >= 4 is 12.1 Å². The molecule has 9 heteroatoms. The minimum Gasteiger partial charge on any atom is -0.496 e. The van der Waals surface area contributed by atoms with E-state index in [-0.39, 0.29) is 25.1 Å². The molecule has 0 radical (unpaired) electrons. The molecule has 0 N–H and O–H groups in total. The van der Waals surface area contributed by atoms with Crippen LogP contribution in [-0.2, 0) is 40.0 Å². The lowest BCUT2D eigenvalue weighted by molar-refractivity contribution is -0.140. The van der Waals surface area contributed by atoms with Crippen LogP contribution in [0.1, 0.15) is 22.3 Å². The number of halogens is 3. The summed E-state index contributed by atoms with van der Waals surface area (Å²) in [6.07, 6.45) is -5.29. The molecule has 0 aliphatic heterocycles. The summed E-state index contributed by atoms with van der Waals surface area (Å²) in [7, 11) is 3.93. The van der Waals surface area contributed by atoms with Crippen LogP contribution in [-0.4, -0.2) is 38.3 Å². The van der Waals surface area contributed by atoms with Crippen molar-refractivity contribution in [2.75, 3.05) is 21.3 Å². The van der Waals surface area contributed by atoms with Gasteiger partial charge in [0.15, 0.2) is 0 Å². The van der Waals surface area contributed by atoms with Crippen molar-refractivity contribution in [1.29, 1.82) is 0 Å². The Labute approximate surface area is 207 Å². The van der Waals surface area contributed by atoms with Gasteiger partial charge < -0.3 is 14.2 Å². The maximum Gasteiger partial charge on any atom is 0.416 e. The highest BCUT2D eigenvalue weighted by atomic mass is 19.4. The fourth-order valence-corrected chi connectivity index (χ4v) is 3.80. The fraction of sp³-hybridized carbons (Fsp3) is 0.259. The molecule has 36 heavy (non-hydrogen) atoms. The number of carbonyl (C=O) groups excluding carboxylic acids is 2. The molecule has 0 aromatic heterocycles. The number of benzene rings is 3.